The first kappa shape index (κ1) is 23.7. The van der Waals surface area contributed by atoms with Crippen molar-refractivity contribution in [3.8, 4) is 5.69 Å². The van der Waals surface area contributed by atoms with Gasteiger partial charge in [-0.2, -0.15) is 0 Å². The second-order valence-corrected chi connectivity index (χ2v) is 7.31. The lowest BCUT2D eigenvalue weighted by Crippen LogP contribution is -2.09. The van der Waals surface area contributed by atoms with Crippen LogP contribution in [0.3, 0.4) is 0 Å². The Morgan fingerprint density at radius 3 is 1.76 bits per heavy atom. The average Bonchev–Trinajstić information content (AvgIpc) is 3.22. The molecule has 11 heteroatoms. The summed E-state index contributed by atoms with van der Waals surface area (Å²) in [7, 11) is 0. The van der Waals surface area contributed by atoms with Crippen LogP contribution in [0.15, 0.2) is 66.7 Å². The molecule has 2 N–H and O–H groups in total. The zero-order valence-corrected chi connectivity index (χ0v) is 18.4. The fourth-order valence-corrected chi connectivity index (χ4v) is 3.30. The highest BCUT2D eigenvalue weighted by atomic mass is 32.1. The van der Waals surface area contributed by atoms with Crippen molar-refractivity contribution >= 4 is 58.5 Å². The maximum absolute atomic E-state index is 11.7. The number of benzene rings is 3. The monoisotopic (exact) mass is 481 g/mol. The number of rotatable bonds is 5. The standard InChI is InChI=1S/C14H9N3O2S2.C8H6O4/c18-13(20)8-4-3-5-9(14(19)21)12(8)17-11-7-2-1-6-10(11)15-16-17;9-7(10)5-2-1-3-6(4-5)8(11)12/h1-7H,(H,18,20)(H,19,21);1-4H,(H,9,10)(H,11,12). The molecule has 0 spiro atoms. The molecular weight excluding hydrogens is 466 g/mol. The summed E-state index contributed by atoms with van der Waals surface area (Å²) in [6, 6.07) is 17.2. The molecule has 0 radical (unpaired) electrons. The van der Waals surface area contributed by atoms with Gasteiger partial charge in [-0.25, -0.2) is 14.3 Å². The van der Waals surface area contributed by atoms with Crippen LogP contribution in [0.5, 0.6) is 0 Å². The van der Waals surface area contributed by atoms with E-state index in [4.69, 9.17) is 10.2 Å². The van der Waals surface area contributed by atoms with Crippen LogP contribution in [0.25, 0.3) is 16.7 Å². The van der Waals surface area contributed by atoms with Crippen molar-refractivity contribution in [3.05, 3.63) is 89.0 Å². The van der Waals surface area contributed by atoms with E-state index < -0.39 is 22.2 Å². The van der Waals surface area contributed by atoms with Gasteiger partial charge in [0.2, 0.25) is 10.2 Å². The number of thiol groups is 2. The molecule has 1 heterocycles. The Labute approximate surface area is 197 Å². The third kappa shape index (κ3) is 5.27. The average molecular weight is 482 g/mol. The summed E-state index contributed by atoms with van der Waals surface area (Å²) in [6.07, 6.45) is 0. The highest BCUT2D eigenvalue weighted by molar-refractivity contribution is 7.97. The topological polar surface area (TPSA) is 139 Å². The van der Waals surface area contributed by atoms with Gasteiger partial charge in [-0.1, -0.05) is 29.5 Å². The van der Waals surface area contributed by atoms with Crippen molar-refractivity contribution in [2.45, 2.75) is 0 Å². The minimum atomic E-state index is -1.13. The Morgan fingerprint density at radius 2 is 1.24 bits per heavy atom. The number of carbonyl (C=O) groups excluding carboxylic acids is 2. The Kier molecular flexibility index (Phi) is 7.26. The number of hydrogen-bond donors (Lipinski definition) is 4. The molecule has 1 aromatic heterocycles. The summed E-state index contributed by atoms with van der Waals surface area (Å²) < 4.78 is 1.46. The number of carboxylic acids is 2. The zero-order chi connectivity index (χ0) is 24.1. The van der Waals surface area contributed by atoms with Crippen LogP contribution in [-0.2, 0) is 0 Å². The molecule has 0 amide bonds. The van der Waals surface area contributed by atoms with E-state index in [2.05, 4.69) is 35.6 Å². The van der Waals surface area contributed by atoms with Crippen molar-refractivity contribution < 1.29 is 29.4 Å². The lowest BCUT2D eigenvalue weighted by Gasteiger charge is -2.11. The van der Waals surface area contributed by atoms with Gasteiger partial charge in [0.05, 0.1) is 33.5 Å². The molecule has 0 fully saturated rings. The first-order valence-electron chi connectivity index (χ1n) is 9.17. The van der Waals surface area contributed by atoms with Crippen molar-refractivity contribution in [1.82, 2.24) is 15.0 Å². The van der Waals surface area contributed by atoms with E-state index >= 15 is 0 Å². The summed E-state index contributed by atoms with van der Waals surface area (Å²) >= 11 is 7.72. The molecule has 0 aliphatic heterocycles. The number of carbonyl (C=O) groups is 4. The van der Waals surface area contributed by atoms with E-state index in [9.17, 15) is 19.2 Å². The van der Waals surface area contributed by atoms with Crippen LogP contribution >= 0.6 is 25.3 Å². The normalized spacial score (nSPS) is 10.2. The first-order valence-corrected chi connectivity index (χ1v) is 10.1. The van der Waals surface area contributed by atoms with Gasteiger partial charge >= 0.3 is 11.9 Å². The highest BCUT2D eigenvalue weighted by Gasteiger charge is 2.20. The Morgan fingerprint density at radius 1 is 0.727 bits per heavy atom. The number of para-hydroxylation sites is 2. The highest BCUT2D eigenvalue weighted by Crippen LogP contribution is 2.25. The molecule has 3 aromatic carbocycles. The number of aromatic carboxylic acids is 2. The van der Waals surface area contributed by atoms with Gasteiger partial charge < -0.3 is 10.2 Å². The van der Waals surface area contributed by atoms with Crippen molar-refractivity contribution in [3.63, 3.8) is 0 Å². The summed E-state index contributed by atoms with van der Waals surface area (Å²) in [5.74, 6) is -2.25. The van der Waals surface area contributed by atoms with Gasteiger partial charge in [0, 0.05) is 0 Å². The predicted molar refractivity (Wildman–Crippen MR) is 126 cm³/mol. The number of hydrogen-bond acceptors (Lipinski definition) is 6. The number of fused-ring (bicyclic) bond motifs is 1. The van der Waals surface area contributed by atoms with Crippen LogP contribution in [0, 0.1) is 0 Å². The van der Waals surface area contributed by atoms with E-state index in [1.807, 2.05) is 18.2 Å². The van der Waals surface area contributed by atoms with Gasteiger partial charge in [0.15, 0.2) is 0 Å². The SMILES string of the molecule is O=C(O)c1cccc(C(=O)O)c1.O=C(S)c1cccc(C(=O)S)c1-n1nnc2ccccc21. The van der Waals surface area contributed by atoms with Gasteiger partial charge in [-0.05, 0) is 42.5 Å². The molecule has 33 heavy (non-hydrogen) atoms. The van der Waals surface area contributed by atoms with Crippen LogP contribution in [-0.4, -0.2) is 47.4 Å². The van der Waals surface area contributed by atoms with E-state index in [0.29, 0.717) is 16.7 Å². The van der Waals surface area contributed by atoms with Gasteiger partial charge in [-0.3, -0.25) is 9.59 Å². The smallest absolute Gasteiger partial charge is 0.335 e. The molecule has 0 saturated carbocycles. The Hall–Kier alpha value is -3.96. The number of aromatic nitrogens is 3. The molecule has 166 valence electrons. The summed E-state index contributed by atoms with van der Waals surface area (Å²) in [6.45, 7) is 0. The fourth-order valence-electron chi connectivity index (χ4n) is 2.94. The van der Waals surface area contributed by atoms with Crippen LogP contribution < -0.4 is 0 Å². The van der Waals surface area contributed by atoms with E-state index in [1.165, 1.54) is 22.9 Å². The molecule has 4 aromatic rings. The van der Waals surface area contributed by atoms with Crippen molar-refractivity contribution in [2.24, 2.45) is 0 Å². The second kappa shape index (κ2) is 10.1. The van der Waals surface area contributed by atoms with E-state index in [1.54, 1.807) is 24.3 Å². The molecular formula is C22H15N3O6S2. The maximum atomic E-state index is 11.7. The second-order valence-electron chi connectivity index (χ2n) is 6.49. The van der Waals surface area contributed by atoms with Crippen LogP contribution in [0.4, 0.5) is 0 Å². The van der Waals surface area contributed by atoms with Crippen molar-refractivity contribution in [1.29, 1.82) is 0 Å². The third-order valence-electron chi connectivity index (χ3n) is 4.42. The third-order valence-corrected chi connectivity index (χ3v) is 4.90. The van der Waals surface area contributed by atoms with Crippen LogP contribution in [0.2, 0.25) is 0 Å². The van der Waals surface area contributed by atoms with Crippen LogP contribution in [0.1, 0.15) is 41.4 Å². The maximum Gasteiger partial charge on any atom is 0.335 e. The van der Waals surface area contributed by atoms with Gasteiger partial charge in [-0.15, -0.1) is 30.4 Å². The Bertz CT molecular complexity index is 1340. The minimum absolute atomic E-state index is 0.0186. The summed E-state index contributed by atoms with van der Waals surface area (Å²) in [5, 5.41) is 24.2. The summed E-state index contributed by atoms with van der Waals surface area (Å²) in [4.78, 5) is 44.2. The molecule has 0 saturated heterocycles. The molecule has 4 rings (SSSR count). The lowest BCUT2D eigenvalue weighted by molar-refractivity contribution is 0.0696. The number of carboxylic acid groups (broad SMARTS) is 2. The molecule has 0 atom stereocenters. The molecule has 9 nitrogen and oxygen atoms in total. The summed E-state index contributed by atoms with van der Waals surface area (Å²) in [5.41, 5.74) is 2.20. The van der Waals surface area contributed by atoms with Gasteiger partial charge in [0.25, 0.3) is 0 Å². The predicted octanol–water partition coefficient (Wildman–Crippen LogP) is 3.64. The zero-order valence-electron chi connectivity index (χ0n) is 16.6. The Balaban J connectivity index is 0.000000218. The van der Waals surface area contributed by atoms with E-state index in [0.717, 1.165) is 6.07 Å². The van der Waals surface area contributed by atoms with E-state index in [-0.39, 0.29) is 22.3 Å². The molecule has 0 aliphatic rings. The number of nitrogens with zero attached hydrogens (tertiary/aromatic N) is 3. The largest absolute Gasteiger partial charge is 0.478 e. The van der Waals surface area contributed by atoms with Crippen molar-refractivity contribution in [2.75, 3.05) is 0 Å². The first-order chi connectivity index (χ1) is 15.7. The molecule has 0 bridgehead atoms. The molecule has 0 aliphatic carbocycles. The quantitative estimate of drug-likeness (QED) is 0.317. The van der Waals surface area contributed by atoms with Gasteiger partial charge in [0.1, 0.15) is 5.52 Å². The fraction of sp³-hybridized carbons (Fsp3) is 0. The molecule has 0 unspecified atom stereocenters. The minimum Gasteiger partial charge on any atom is -0.478 e. The lowest BCUT2D eigenvalue weighted by atomic mass is 10.1.